The molecule has 0 fully saturated rings. The summed E-state index contributed by atoms with van der Waals surface area (Å²) in [7, 11) is 0. The third-order valence-corrected chi connectivity index (χ3v) is 6.83. The van der Waals surface area contributed by atoms with Crippen molar-refractivity contribution in [2.45, 2.75) is 19.3 Å². The van der Waals surface area contributed by atoms with Crippen LogP contribution in [0.5, 0.6) is 0 Å². The lowest BCUT2D eigenvalue weighted by atomic mass is 10.1. The Kier molecular flexibility index (Phi) is 4.21. The molecule has 0 atom stereocenters. The van der Waals surface area contributed by atoms with Crippen molar-refractivity contribution in [3.63, 3.8) is 0 Å². The molecule has 1 aliphatic carbocycles. The summed E-state index contributed by atoms with van der Waals surface area (Å²) in [6.07, 6.45) is 10.3. The number of nitrogens with zero attached hydrogens (tertiary/aromatic N) is 2. The first kappa shape index (κ1) is 17.9. The van der Waals surface area contributed by atoms with Gasteiger partial charge in [0.15, 0.2) is 0 Å². The fourth-order valence-corrected chi connectivity index (χ4v) is 5.41. The van der Waals surface area contributed by atoms with Crippen LogP contribution in [0.1, 0.15) is 18.4 Å². The van der Waals surface area contributed by atoms with Crippen LogP contribution in [0.4, 0.5) is 5.69 Å². The summed E-state index contributed by atoms with van der Waals surface area (Å²) in [6.45, 7) is 1.98. The highest BCUT2D eigenvalue weighted by Gasteiger charge is 2.26. The van der Waals surface area contributed by atoms with Gasteiger partial charge < -0.3 is 9.47 Å². The first-order valence-electron chi connectivity index (χ1n) is 10.7. The maximum Gasteiger partial charge on any atom is 0.0576 e. The molecule has 148 valence electrons. The van der Waals surface area contributed by atoms with E-state index in [4.69, 9.17) is 11.6 Å². The molecular weight excluding hydrogens is 388 g/mol. The van der Waals surface area contributed by atoms with Gasteiger partial charge in [-0.05, 0) is 54.7 Å². The van der Waals surface area contributed by atoms with E-state index in [1.54, 1.807) is 0 Å². The maximum atomic E-state index is 7.11. The van der Waals surface area contributed by atoms with Crippen LogP contribution in [0.3, 0.4) is 0 Å². The maximum absolute atomic E-state index is 7.11. The minimum Gasteiger partial charge on any atom is -0.367 e. The first-order valence-corrected chi connectivity index (χ1v) is 11.1. The second-order valence-electron chi connectivity index (χ2n) is 8.20. The minimum absolute atomic E-state index is 0.920. The van der Waals surface area contributed by atoms with Gasteiger partial charge in [0.05, 0.1) is 16.1 Å². The molecule has 0 saturated carbocycles. The molecule has 0 unspecified atom stereocenters. The predicted octanol–water partition coefficient (Wildman–Crippen LogP) is 7.08. The Hall–Kier alpha value is -2.97. The summed E-state index contributed by atoms with van der Waals surface area (Å²) in [5.41, 5.74) is 7.55. The van der Waals surface area contributed by atoms with E-state index in [9.17, 15) is 0 Å². The van der Waals surface area contributed by atoms with Crippen molar-refractivity contribution in [2.75, 3.05) is 18.0 Å². The molecule has 0 N–H and O–H groups in total. The zero-order chi connectivity index (χ0) is 20.1. The Morgan fingerprint density at radius 3 is 2.57 bits per heavy atom. The van der Waals surface area contributed by atoms with Crippen LogP contribution < -0.4 is 4.90 Å². The second-order valence-corrected chi connectivity index (χ2v) is 8.58. The summed E-state index contributed by atoms with van der Waals surface area (Å²) in [5.74, 6) is 0. The van der Waals surface area contributed by atoms with E-state index in [1.165, 1.54) is 44.3 Å². The van der Waals surface area contributed by atoms with E-state index in [0.29, 0.717) is 0 Å². The zero-order valence-electron chi connectivity index (χ0n) is 16.8. The largest absolute Gasteiger partial charge is 0.367 e. The molecule has 3 heteroatoms. The van der Waals surface area contributed by atoms with Gasteiger partial charge in [-0.15, -0.1) is 0 Å². The number of halogens is 1. The number of hydrogen-bond donors (Lipinski definition) is 0. The molecule has 2 aliphatic rings. The Bertz CT molecular complexity index is 1330. The SMILES string of the molecule is Clc1c2c(cc3c1c1ccccc1n3-c1ccccc1)N(CC1=CCCC=C1)CC2. The lowest BCUT2D eigenvalue weighted by Crippen LogP contribution is -2.23. The van der Waals surface area contributed by atoms with E-state index in [2.05, 4.69) is 88.4 Å². The van der Waals surface area contributed by atoms with E-state index in [0.717, 1.165) is 37.4 Å². The van der Waals surface area contributed by atoms with Crippen LogP contribution in [0.2, 0.25) is 5.02 Å². The third-order valence-electron chi connectivity index (χ3n) is 6.41. The predicted molar refractivity (Wildman–Crippen MR) is 128 cm³/mol. The van der Waals surface area contributed by atoms with E-state index >= 15 is 0 Å². The van der Waals surface area contributed by atoms with Gasteiger partial charge >= 0.3 is 0 Å². The number of aromatic nitrogens is 1. The van der Waals surface area contributed by atoms with Crippen LogP contribution in [0, 0.1) is 0 Å². The molecule has 0 spiro atoms. The molecule has 1 aromatic heterocycles. The summed E-state index contributed by atoms with van der Waals surface area (Å²) >= 11 is 7.11. The normalized spacial score (nSPS) is 15.8. The molecular formula is C27H23ClN2. The Morgan fingerprint density at radius 2 is 1.73 bits per heavy atom. The first-order chi connectivity index (χ1) is 14.8. The Morgan fingerprint density at radius 1 is 0.900 bits per heavy atom. The number of benzene rings is 3. The smallest absolute Gasteiger partial charge is 0.0576 e. The van der Waals surface area contributed by atoms with Gasteiger partial charge in [-0.2, -0.15) is 0 Å². The Labute approximate surface area is 181 Å². The van der Waals surface area contributed by atoms with Crippen molar-refractivity contribution in [1.29, 1.82) is 0 Å². The Balaban J connectivity index is 1.59. The molecule has 0 bridgehead atoms. The lowest BCUT2D eigenvalue weighted by Gasteiger charge is -2.22. The number of hydrogen-bond acceptors (Lipinski definition) is 1. The molecule has 3 aromatic carbocycles. The van der Waals surface area contributed by atoms with Crippen LogP contribution in [-0.4, -0.2) is 17.7 Å². The molecule has 0 radical (unpaired) electrons. The fourth-order valence-electron chi connectivity index (χ4n) is 5.02. The highest BCUT2D eigenvalue weighted by Crippen LogP contribution is 2.44. The summed E-state index contributed by atoms with van der Waals surface area (Å²) < 4.78 is 2.35. The van der Waals surface area contributed by atoms with Crippen molar-refractivity contribution in [1.82, 2.24) is 4.57 Å². The molecule has 1 aliphatic heterocycles. The van der Waals surface area contributed by atoms with Gasteiger partial charge in [0, 0.05) is 35.2 Å². The quantitative estimate of drug-likeness (QED) is 0.350. The van der Waals surface area contributed by atoms with Gasteiger partial charge in [-0.25, -0.2) is 0 Å². The van der Waals surface area contributed by atoms with Gasteiger partial charge in [-0.3, -0.25) is 0 Å². The molecule has 6 rings (SSSR count). The van der Waals surface area contributed by atoms with Crippen LogP contribution in [0.15, 0.2) is 84.5 Å². The molecule has 0 amide bonds. The second kappa shape index (κ2) is 7.07. The highest BCUT2D eigenvalue weighted by molar-refractivity contribution is 6.39. The molecule has 30 heavy (non-hydrogen) atoms. The number of rotatable bonds is 3. The van der Waals surface area contributed by atoms with E-state index in [-0.39, 0.29) is 0 Å². The van der Waals surface area contributed by atoms with Gasteiger partial charge in [0.1, 0.15) is 0 Å². The van der Waals surface area contributed by atoms with Gasteiger partial charge in [0.25, 0.3) is 0 Å². The van der Waals surface area contributed by atoms with Crippen molar-refractivity contribution < 1.29 is 0 Å². The van der Waals surface area contributed by atoms with Gasteiger partial charge in [0.2, 0.25) is 0 Å². The van der Waals surface area contributed by atoms with Crippen LogP contribution in [0.25, 0.3) is 27.5 Å². The molecule has 4 aromatic rings. The van der Waals surface area contributed by atoms with Gasteiger partial charge in [-0.1, -0.05) is 66.2 Å². The minimum atomic E-state index is 0.920. The molecule has 0 saturated heterocycles. The number of anilines is 1. The highest BCUT2D eigenvalue weighted by atomic mass is 35.5. The fraction of sp³-hybridized carbons (Fsp3) is 0.185. The lowest BCUT2D eigenvalue weighted by molar-refractivity contribution is 0.875. The van der Waals surface area contributed by atoms with Crippen LogP contribution in [-0.2, 0) is 6.42 Å². The average molecular weight is 411 g/mol. The average Bonchev–Trinajstić information content (AvgIpc) is 3.35. The zero-order valence-corrected chi connectivity index (χ0v) is 17.6. The topological polar surface area (TPSA) is 8.17 Å². The van der Waals surface area contributed by atoms with Crippen molar-refractivity contribution in [3.05, 3.63) is 95.1 Å². The number of allylic oxidation sites excluding steroid dienone is 2. The summed E-state index contributed by atoms with van der Waals surface area (Å²) in [4.78, 5) is 2.50. The summed E-state index contributed by atoms with van der Waals surface area (Å²) in [5, 5.41) is 3.32. The summed E-state index contributed by atoms with van der Waals surface area (Å²) in [6, 6.07) is 21.6. The molecule has 2 nitrogen and oxygen atoms in total. The standard InChI is InChI=1S/C27H23ClN2/c28-27-22-15-16-29(18-19-9-3-1-4-10-19)24(22)17-25-26(27)21-13-7-8-14-23(21)30(25)20-11-5-2-6-12-20/h2-3,5-14,17H,1,4,15-16,18H2. The number of para-hydroxylation sites is 2. The number of fused-ring (bicyclic) bond motifs is 4. The monoisotopic (exact) mass is 410 g/mol. The third kappa shape index (κ3) is 2.71. The van der Waals surface area contributed by atoms with E-state index in [1.807, 2.05) is 0 Å². The molecule has 2 heterocycles. The van der Waals surface area contributed by atoms with Crippen LogP contribution >= 0.6 is 11.6 Å². The van der Waals surface area contributed by atoms with Crippen molar-refractivity contribution in [2.24, 2.45) is 0 Å². The van der Waals surface area contributed by atoms with Crippen molar-refractivity contribution in [3.8, 4) is 5.69 Å². The van der Waals surface area contributed by atoms with Crippen molar-refractivity contribution >= 4 is 39.1 Å². The van der Waals surface area contributed by atoms with E-state index < -0.39 is 0 Å².